The molecule has 5 aliphatic rings. The van der Waals surface area contributed by atoms with Gasteiger partial charge in [0.2, 0.25) is 17.7 Å². The maximum atomic E-state index is 14.1. The number of amides is 4. The number of cyclic esters (lactones) is 1. The molecule has 2 aliphatic carbocycles. The van der Waals surface area contributed by atoms with E-state index in [9.17, 15) is 34.2 Å². The van der Waals surface area contributed by atoms with Crippen LogP contribution >= 0.6 is 11.3 Å². The van der Waals surface area contributed by atoms with Crippen LogP contribution in [0.1, 0.15) is 90.8 Å². The van der Waals surface area contributed by atoms with Crippen molar-refractivity contribution in [2.45, 2.75) is 130 Å². The molecule has 71 heavy (non-hydrogen) atoms. The molecule has 0 saturated carbocycles. The molecule has 1 unspecified atom stereocenters. The van der Waals surface area contributed by atoms with E-state index in [4.69, 9.17) is 14.2 Å². The van der Waals surface area contributed by atoms with E-state index in [0.717, 1.165) is 67.3 Å². The third kappa shape index (κ3) is 14.9. The fourth-order valence-corrected chi connectivity index (χ4v) is 11.7. The standard InChI is InChI=1S/C53H77N7O10S/c1-33-25-38-10-7-34(2)42(14-13-41-27-39(61)29-46(64)69-41)47(38)44(26-33)70-52(67)54-16-23-68-24-22-59-20-18-58(19-21-59)17-15-45(63)57-49(53(4,5)6)51(66)60-31-40(62)28-43(60)50(65)55-30-36-8-11-37(12-9-36)48-35(3)56-32-71-48/h7-12,25,32-34,39-44,47,49,61-62H,13-24,26-31H2,1-6H3,(H,54,67)(H,55,65)(H,57,63)/t33-,34-,39+,40-,41+,42-,43?,44-,47-,49-/m1/s1. The largest absolute Gasteiger partial charge is 0.462 e. The number of piperazine rings is 1. The zero-order valence-electron chi connectivity index (χ0n) is 42.5. The van der Waals surface area contributed by atoms with E-state index in [1.54, 1.807) is 11.3 Å². The summed E-state index contributed by atoms with van der Waals surface area (Å²) >= 11 is 1.58. The number of aliphatic hydroxyl groups excluding tert-OH is 2. The molecule has 0 bridgehead atoms. The first-order valence-corrected chi connectivity index (χ1v) is 26.6. The highest BCUT2D eigenvalue weighted by Gasteiger charge is 2.45. The number of aromatic nitrogens is 1. The van der Waals surface area contributed by atoms with Crippen LogP contribution in [0.4, 0.5) is 4.79 Å². The molecule has 4 heterocycles. The fourth-order valence-electron chi connectivity index (χ4n) is 10.8. The maximum absolute atomic E-state index is 14.1. The van der Waals surface area contributed by atoms with Gasteiger partial charge in [0.05, 0.1) is 47.9 Å². The van der Waals surface area contributed by atoms with Gasteiger partial charge >= 0.3 is 12.1 Å². The Morgan fingerprint density at radius 3 is 2.37 bits per heavy atom. The van der Waals surface area contributed by atoms with E-state index in [1.165, 1.54) is 10.5 Å². The lowest BCUT2D eigenvalue weighted by molar-refractivity contribution is -0.160. The number of rotatable bonds is 19. The van der Waals surface area contributed by atoms with Gasteiger partial charge in [-0.2, -0.15) is 0 Å². The Morgan fingerprint density at radius 1 is 0.944 bits per heavy atom. The van der Waals surface area contributed by atoms with Gasteiger partial charge in [0.25, 0.3) is 0 Å². The predicted molar refractivity (Wildman–Crippen MR) is 270 cm³/mol. The summed E-state index contributed by atoms with van der Waals surface area (Å²) in [7, 11) is 0. The number of aryl methyl sites for hydroxylation is 1. The van der Waals surface area contributed by atoms with E-state index in [2.05, 4.69) is 62.8 Å². The number of benzene rings is 1. The highest BCUT2D eigenvalue weighted by molar-refractivity contribution is 7.13. The van der Waals surface area contributed by atoms with Crippen molar-refractivity contribution < 1.29 is 48.4 Å². The van der Waals surface area contributed by atoms with E-state index in [1.807, 2.05) is 57.5 Å². The molecular weight excluding hydrogens is 927 g/mol. The Hall–Kier alpha value is -4.72. The van der Waals surface area contributed by atoms with Gasteiger partial charge in [-0.05, 0) is 66.1 Å². The fraction of sp³-hybridized carbons (Fsp3) is 0.660. The van der Waals surface area contributed by atoms with Crippen molar-refractivity contribution in [1.29, 1.82) is 0 Å². The van der Waals surface area contributed by atoms with Crippen molar-refractivity contribution in [3.8, 4) is 10.4 Å². The number of β-amino-alcohol motifs (C(OH)–C–C–N with tert-alkyl or cyclic N) is 1. The van der Waals surface area contributed by atoms with Gasteiger partial charge in [0, 0.05) is 84.1 Å². The molecule has 1 aromatic carbocycles. The molecular formula is C53H77N7O10S. The summed E-state index contributed by atoms with van der Waals surface area (Å²) in [5.41, 5.74) is 5.29. The smallest absolute Gasteiger partial charge is 0.407 e. The SMILES string of the molecule is Cc1ncsc1-c1ccc(CNC(=O)C2C[C@@H](O)CN2C(=O)[C@@H](NC(=O)CCN2CCN(CCOCCNC(=O)O[C@@H]3C[C@H](C)C=C4C=C[C@@H](C)[C@@H](CC[C@H]5C[C@H](O)CC(=O)O5)[C@@H]43)CC2)C(C)(C)C)cc1. The summed E-state index contributed by atoms with van der Waals surface area (Å²) in [6, 6.07) is 6.17. The summed E-state index contributed by atoms with van der Waals surface area (Å²) in [6.07, 6.45) is 7.12. The highest BCUT2D eigenvalue weighted by Crippen LogP contribution is 2.45. The summed E-state index contributed by atoms with van der Waals surface area (Å²) in [5.74, 6) is -0.558. The van der Waals surface area contributed by atoms with Crippen LogP contribution in [0, 0.1) is 36.0 Å². The second kappa shape index (κ2) is 24.8. The first kappa shape index (κ1) is 54.1. The van der Waals surface area contributed by atoms with Crippen molar-refractivity contribution >= 4 is 41.1 Å². The minimum atomic E-state index is -0.890. The van der Waals surface area contributed by atoms with Crippen LogP contribution in [0.25, 0.3) is 10.4 Å². The number of hydrogen-bond donors (Lipinski definition) is 5. The molecule has 10 atom stereocenters. The van der Waals surface area contributed by atoms with Crippen LogP contribution in [0.15, 0.2) is 53.6 Å². The third-order valence-electron chi connectivity index (χ3n) is 14.8. The number of hydrogen-bond acceptors (Lipinski definition) is 14. The minimum absolute atomic E-state index is 0.0136. The van der Waals surface area contributed by atoms with Gasteiger partial charge < -0.3 is 50.2 Å². The quantitative estimate of drug-likeness (QED) is 0.0964. The van der Waals surface area contributed by atoms with Crippen molar-refractivity contribution in [2.75, 3.05) is 65.6 Å². The molecule has 7 rings (SSSR count). The zero-order valence-corrected chi connectivity index (χ0v) is 43.3. The highest BCUT2D eigenvalue weighted by atomic mass is 32.1. The maximum Gasteiger partial charge on any atom is 0.407 e. The first-order chi connectivity index (χ1) is 33.9. The molecule has 3 aliphatic heterocycles. The molecule has 3 saturated heterocycles. The number of carbonyl (C=O) groups is 5. The van der Waals surface area contributed by atoms with Crippen molar-refractivity contribution in [3.05, 3.63) is 64.8 Å². The van der Waals surface area contributed by atoms with Gasteiger partial charge in [-0.3, -0.25) is 24.1 Å². The third-order valence-corrected chi connectivity index (χ3v) is 15.8. The number of aliphatic hydroxyl groups is 2. The van der Waals surface area contributed by atoms with Crippen LogP contribution in [0.5, 0.6) is 0 Å². The predicted octanol–water partition coefficient (Wildman–Crippen LogP) is 4.60. The molecule has 0 spiro atoms. The van der Waals surface area contributed by atoms with Crippen molar-refractivity contribution in [3.63, 3.8) is 0 Å². The zero-order chi connectivity index (χ0) is 50.8. The second-order valence-electron chi connectivity index (χ2n) is 21.4. The van der Waals surface area contributed by atoms with Crippen LogP contribution in [0.3, 0.4) is 0 Å². The molecule has 390 valence electrons. The number of fused-ring (bicyclic) bond motifs is 1. The monoisotopic (exact) mass is 1000 g/mol. The lowest BCUT2D eigenvalue weighted by atomic mass is 9.65. The number of carbonyl (C=O) groups excluding carboxylic acids is 5. The average Bonchev–Trinajstić information content (AvgIpc) is 3.94. The molecule has 2 aromatic rings. The molecule has 1 aromatic heterocycles. The van der Waals surface area contributed by atoms with E-state index < -0.39 is 35.8 Å². The number of ether oxygens (including phenoxy) is 3. The normalized spacial score (nSPS) is 27.5. The van der Waals surface area contributed by atoms with Crippen molar-refractivity contribution in [2.24, 2.45) is 29.1 Å². The Bertz CT molecular complexity index is 2200. The number of esters is 1. The van der Waals surface area contributed by atoms with Crippen LogP contribution in [0.2, 0.25) is 0 Å². The number of allylic oxidation sites excluding steroid dienone is 3. The van der Waals surface area contributed by atoms with Gasteiger partial charge in [-0.25, -0.2) is 9.78 Å². The van der Waals surface area contributed by atoms with Gasteiger partial charge in [0.15, 0.2) is 0 Å². The van der Waals surface area contributed by atoms with E-state index in [-0.39, 0.29) is 91.9 Å². The minimum Gasteiger partial charge on any atom is -0.462 e. The number of thiazole rings is 1. The van der Waals surface area contributed by atoms with Gasteiger partial charge in [0.1, 0.15) is 24.3 Å². The van der Waals surface area contributed by atoms with Crippen LogP contribution in [-0.2, 0) is 39.9 Å². The van der Waals surface area contributed by atoms with E-state index >= 15 is 0 Å². The Kier molecular flexibility index (Phi) is 18.9. The lowest BCUT2D eigenvalue weighted by Crippen LogP contribution is -2.58. The topological polar surface area (TPSA) is 212 Å². The lowest BCUT2D eigenvalue weighted by Gasteiger charge is -2.43. The number of likely N-dealkylation sites (tertiary alicyclic amines) is 1. The molecule has 4 amide bonds. The average molecular weight is 1000 g/mol. The van der Waals surface area contributed by atoms with Gasteiger partial charge in [-0.15, -0.1) is 11.3 Å². The van der Waals surface area contributed by atoms with Gasteiger partial charge in [-0.1, -0.05) is 77.1 Å². The number of alkyl carbamates (subject to hydrolysis) is 1. The summed E-state index contributed by atoms with van der Waals surface area (Å²) < 4.78 is 17.5. The summed E-state index contributed by atoms with van der Waals surface area (Å²) in [5, 5.41) is 29.6. The van der Waals surface area contributed by atoms with Crippen LogP contribution in [-0.4, -0.2) is 162 Å². The Balaban J connectivity index is 0.776. The number of nitrogens with zero attached hydrogens (tertiary/aromatic N) is 4. The molecule has 17 nitrogen and oxygen atoms in total. The molecule has 18 heteroatoms. The number of nitrogens with one attached hydrogen (secondary N) is 3. The molecule has 3 fully saturated rings. The first-order valence-electron chi connectivity index (χ1n) is 25.7. The summed E-state index contributed by atoms with van der Waals surface area (Å²) in [4.78, 5) is 77.5. The molecule has 0 radical (unpaired) electrons. The van der Waals surface area contributed by atoms with Crippen molar-refractivity contribution in [1.82, 2.24) is 35.6 Å². The summed E-state index contributed by atoms with van der Waals surface area (Å²) in [6.45, 7) is 17.9. The van der Waals surface area contributed by atoms with Crippen LogP contribution < -0.4 is 16.0 Å². The second-order valence-corrected chi connectivity index (χ2v) is 22.3. The Labute approximate surface area is 423 Å². The molecule has 5 N–H and O–H groups in total. The Morgan fingerprint density at radius 2 is 1.68 bits per heavy atom. The van der Waals surface area contributed by atoms with E-state index in [0.29, 0.717) is 39.1 Å².